The zero-order valence-corrected chi connectivity index (χ0v) is 15.0. The zero-order chi connectivity index (χ0) is 18.4. The largest absolute Gasteiger partial charge is 0.492 e. The number of carbonyl (C=O) groups is 1. The van der Waals surface area contributed by atoms with Crippen LogP contribution in [0.15, 0.2) is 51.6 Å². The summed E-state index contributed by atoms with van der Waals surface area (Å²) in [4.78, 5) is 18.0. The number of halogens is 1. The molecule has 8 heteroatoms. The molecule has 0 aliphatic rings. The second-order valence-electron chi connectivity index (χ2n) is 5.61. The van der Waals surface area contributed by atoms with E-state index in [9.17, 15) is 4.79 Å². The molecule has 0 aliphatic carbocycles. The first-order valence-corrected chi connectivity index (χ1v) is 8.48. The van der Waals surface area contributed by atoms with Crippen LogP contribution >= 0.6 is 11.6 Å². The number of aryl methyl sites for hydroxylation is 1. The zero-order valence-electron chi connectivity index (χ0n) is 14.2. The Bertz CT molecular complexity index is 848. The number of rotatable bonds is 8. The molecule has 0 atom stereocenters. The number of hydrogen-bond acceptors (Lipinski definition) is 6. The van der Waals surface area contributed by atoms with Crippen molar-refractivity contribution in [3.05, 3.63) is 53.6 Å². The summed E-state index contributed by atoms with van der Waals surface area (Å²) in [5.41, 5.74) is 0. The van der Waals surface area contributed by atoms with Crippen LogP contribution in [0.1, 0.15) is 12.3 Å². The fourth-order valence-corrected chi connectivity index (χ4v) is 2.43. The van der Waals surface area contributed by atoms with Gasteiger partial charge in [-0.25, -0.2) is 0 Å². The number of aromatic nitrogens is 2. The first-order chi connectivity index (χ1) is 12.6. The lowest BCUT2D eigenvalue weighted by Crippen LogP contribution is -2.31. The smallest absolute Gasteiger partial charge is 0.238 e. The monoisotopic (exact) mass is 375 g/mol. The summed E-state index contributed by atoms with van der Waals surface area (Å²) >= 11 is 5.90. The van der Waals surface area contributed by atoms with Crippen LogP contribution in [-0.2, 0) is 11.2 Å². The van der Waals surface area contributed by atoms with Gasteiger partial charge in [0.15, 0.2) is 5.76 Å². The van der Waals surface area contributed by atoms with Gasteiger partial charge in [0.1, 0.15) is 12.4 Å². The average molecular weight is 376 g/mol. The average Bonchev–Trinajstić information content (AvgIpc) is 3.31. The van der Waals surface area contributed by atoms with Gasteiger partial charge in [0.25, 0.3) is 0 Å². The Morgan fingerprint density at radius 3 is 2.96 bits per heavy atom. The lowest BCUT2D eigenvalue weighted by Gasteiger charge is -2.17. The van der Waals surface area contributed by atoms with Gasteiger partial charge in [-0.05, 0) is 30.3 Å². The van der Waals surface area contributed by atoms with Gasteiger partial charge >= 0.3 is 0 Å². The SMILES string of the molecule is CN(CCOc1cccc(Cl)c1)C(=O)CCc1nc(-c2ccco2)no1. The molecule has 0 bridgehead atoms. The van der Waals surface area contributed by atoms with Gasteiger partial charge in [0.05, 0.1) is 12.8 Å². The summed E-state index contributed by atoms with van der Waals surface area (Å²) < 4.78 is 15.9. The number of likely N-dealkylation sites (N-methyl/N-ethyl adjacent to an activating group) is 1. The van der Waals surface area contributed by atoms with E-state index in [4.69, 9.17) is 25.3 Å². The van der Waals surface area contributed by atoms with Gasteiger partial charge in [-0.15, -0.1) is 0 Å². The quantitative estimate of drug-likeness (QED) is 0.599. The summed E-state index contributed by atoms with van der Waals surface area (Å²) in [6.45, 7) is 0.846. The molecule has 0 saturated carbocycles. The van der Waals surface area contributed by atoms with Gasteiger partial charge in [0, 0.05) is 24.9 Å². The van der Waals surface area contributed by atoms with E-state index in [1.807, 2.05) is 12.1 Å². The Morgan fingerprint density at radius 2 is 2.19 bits per heavy atom. The standard InChI is InChI=1S/C18H18ClN3O4/c1-22(9-11-24-14-5-2-4-13(19)12-14)17(23)8-7-16-20-18(21-26-16)15-6-3-10-25-15/h2-6,10,12H,7-9,11H2,1H3. The third-order valence-electron chi connectivity index (χ3n) is 3.68. The van der Waals surface area contributed by atoms with Crippen molar-refractivity contribution >= 4 is 17.5 Å². The van der Waals surface area contributed by atoms with Crippen LogP contribution < -0.4 is 4.74 Å². The molecule has 1 amide bonds. The molecule has 0 N–H and O–H groups in total. The molecule has 7 nitrogen and oxygen atoms in total. The van der Waals surface area contributed by atoms with Gasteiger partial charge in [-0.3, -0.25) is 4.79 Å². The molecular formula is C18H18ClN3O4. The van der Waals surface area contributed by atoms with Gasteiger partial charge in [-0.1, -0.05) is 22.8 Å². The van der Waals surface area contributed by atoms with E-state index in [0.717, 1.165) is 0 Å². The van der Waals surface area contributed by atoms with E-state index in [2.05, 4.69) is 10.1 Å². The predicted molar refractivity (Wildman–Crippen MR) is 94.9 cm³/mol. The molecule has 0 aliphatic heterocycles. The normalized spacial score (nSPS) is 10.7. The van der Waals surface area contributed by atoms with Crippen molar-refractivity contribution in [2.75, 3.05) is 20.2 Å². The van der Waals surface area contributed by atoms with Crippen molar-refractivity contribution < 1.29 is 18.5 Å². The molecule has 0 spiro atoms. The minimum absolute atomic E-state index is 0.0301. The fraction of sp³-hybridized carbons (Fsp3) is 0.278. The first-order valence-electron chi connectivity index (χ1n) is 8.10. The van der Waals surface area contributed by atoms with Crippen molar-refractivity contribution in [3.63, 3.8) is 0 Å². The molecule has 0 saturated heterocycles. The van der Waals surface area contributed by atoms with Crippen LogP contribution in [0.2, 0.25) is 5.02 Å². The maximum Gasteiger partial charge on any atom is 0.238 e. The topological polar surface area (TPSA) is 81.6 Å². The molecule has 1 aromatic carbocycles. The molecule has 0 unspecified atom stereocenters. The molecule has 2 heterocycles. The highest BCUT2D eigenvalue weighted by atomic mass is 35.5. The van der Waals surface area contributed by atoms with E-state index in [1.54, 1.807) is 36.2 Å². The fourth-order valence-electron chi connectivity index (χ4n) is 2.25. The number of benzene rings is 1. The second-order valence-corrected chi connectivity index (χ2v) is 6.05. The minimum Gasteiger partial charge on any atom is -0.492 e. The Morgan fingerprint density at radius 1 is 1.31 bits per heavy atom. The Hall–Kier alpha value is -2.80. The molecule has 3 aromatic rings. The van der Waals surface area contributed by atoms with Crippen molar-refractivity contribution in [2.24, 2.45) is 0 Å². The molecule has 136 valence electrons. The van der Waals surface area contributed by atoms with E-state index >= 15 is 0 Å². The van der Waals surface area contributed by atoms with E-state index in [0.29, 0.717) is 47.8 Å². The highest BCUT2D eigenvalue weighted by Crippen LogP contribution is 2.17. The molecule has 0 radical (unpaired) electrons. The molecule has 2 aromatic heterocycles. The van der Waals surface area contributed by atoms with E-state index in [1.165, 1.54) is 6.26 Å². The number of amides is 1. The first kappa shape index (κ1) is 18.0. The van der Waals surface area contributed by atoms with E-state index < -0.39 is 0 Å². The van der Waals surface area contributed by atoms with Crippen LogP contribution in [0.4, 0.5) is 0 Å². The summed E-state index contributed by atoms with van der Waals surface area (Å²) in [5.74, 6) is 1.95. The van der Waals surface area contributed by atoms with Crippen molar-refractivity contribution in [1.29, 1.82) is 0 Å². The van der Waals surface area contributed by atoms with Crippen LogP contribution in [0.3, 0.4) is 0 Å². The Labute approximate surface area is 155 Å². The Balaban J connectivity index is 1.41. The van der Waals surface area contributed by atoms with Crippen LogP contribution in [-0.4, -0.2) is 41.1 Å². The van der Waals surface area contributed by atoms with Gasteiger partial charge in [-0.2, -0.15) is 4.98 Å². The number of furan rings is 1. The van der Waals surface area contributed by atoms with Crippen molar-refractivity contribution in [1.82, 2.24) is 15.0 Å². The van der Waals surface area contributed by atoms with Crippen LogP contribution in [0.5, 0.6) is 5.75 Å². The molecule has 0 fully saturated rings. The highest BCUT2D eigenvalue weighted by molar-refractivity contribution is 6.30. The van der Waals surface area contributed by atoms with Crippen molar-refractivity contribution in [2.45, 2.75) is 12.8 Å². The maximum atomic E-state index is 12.2. The number of ether oxygens (including phenoxy) is 1. The number of hydrogen-bond donors (Lipinski definition) is 0. The molecular weight excluding hydrogens is 358 g/mol. The van der Waals surface area contributed by atoms with Crippen LogP contribution in [0.25, 0.3) is 11.6 Å². The Kier molecular flexibility index (Phi) is 5.91. The third kappa shape index (κ3) is 4.86. The van der Waals surface area contributed by atoms with Crippen molar-refractivity contribution in [3.8, 4) is 17.3 Å². The minimum atomic E-state index is -0.0301. The predicted octanol–water partition coefficient (Wildman–Crippen LogP) is 3.45. The molecule has 3 rings (SSSR count). The lowest BCUT2D eigenvalue weighted by molar-refractivity contribution is -0.130. The summed E-state index contributed by atoms with van der Waals surface area (Å²) in [5, 5.41) is 4.45. The number of nitrogens with zero attached hydrogens (tertiary/aromatic N) is 3. The number of carbonyl (C=O) groups excluding carboxylic acids is 1. The van der Waals surface area contributed by atoms with Gasteiger partial charge < -0.3 is 18.6 Å². The van der Waals surface area contributed by atoms with Crippen LogP contribution in [0, 0.1) is 0 Å². The summed E-state index contributed by atoms with van der Waals surface area (Å²) in [6.07, 6.45) is 2.18. The van der Waals surface area contributed by atoms with E-state index in [-0.39, 0.29) is 12.3 Å². The second kappa shape index (κ2) is 8.53. The maximum absolute atomic E-state index is 12.2. The van der Waals surface area contributed by atoms with Gasteiger partial charge in [0.2, 0.25) is 17.6 Å². The third-order valence-corrected chi connectivity index (χ3v) is 3.91. The summed E-state index contributed by atoms with van der Waals surface area (Å²) in [7, 11) is 1.73. The highest BCUT2D eigenvalue weighted by Gasteiger charge is 2.14. The molecule has 26 heavy (non-hydrogen) atoms. The summed E-state index contributed by atoms with van der Waals surface area (Å²) in [6, 6.07) is 10.6. The lowest BCUT2D eigenvalue weighted by atomic mass is 10.3.